The number of ether oxygens (including phenoxy) is 1. The molecule has 118 valence electrons. The number of aliphatic imine (C=N–C) groups is 1. The minimum absolute atomic E-state index is 0.0916. The van der Waals surface area contributed by atoms with Gasteiger partial charge in [0.15, 0.2) is 5.96 Å². The van der Waals surface area contributed by atoms with Crippen molar-refractivity contribution in [1.82, 2.24) is 20.4 Å². The van der Waals surface area contributed by atoms with Crippen LogP contribution in [-0.4, -0.2) is 47.6 Å². The maximum Gasteiger partial charge on any atom is 0.191 e. The van der Waals surface area contributed by atoms with E-state index in [4.69, 9.17) is 4.74 Å². The molecule has 0 bridgehead atoms. The lowest BCUT2D eigenvalue weighted by atomic mass is 10.0. The van der Waals surface area contributed by atoms with E-state index in [2.05, 4.69) is 34.6 Å². The second kappa shape index (κ2) is 7.45. The molecule has 1 aliphatic rings. The van der Waals surface area contributed by atoms with Crippen molar-refractivity contribution in [3.05, 3.63) is 18.0 Å². The standard InChI is InChI=1S/C15H27N5O/c1-4-16-14(18-12-15(2)7-5-9-21-15)17-8-6-13-10-19-20(3)11-13/h10-11H,4-9,12H2,1-3H3,(H2,16,17,18). The summed E-state index contributed by atoms with van der Waals surface area (Å²) in [5, 5.41) is 10.8. The predicted molar refractivity (Wildman–Crippen MR) is 84.5 cm³/mol. The average Bonchev–Trinajstić information content (AvgIpc) is 3.06. The van der Waals surface area contributed by atoms with Crippen LogP contribution in [0.25, 0.3) is 0 Å². The van der Waals surface area contributed by atoms with Gasteiger partial charge in [0, 0.05) is 32.9 Å². The highest BCUT2D eigenvalue weighted by atomic mass is 16.5. The summed E-state index contributed by atoms with van der Waals surface area (Å²) in [5.41, 5.74) is 1.14. The third-order valence-electron chi connectivity index (χ3n) is 3.68. The fourth-order valence-electron chi connectivity index (χ4n) is 2.48. The topological polar surface area (TPSA) is 63.5 Å². The van der Waals surface area contributed by atoms with E-state index < -0.39 is 0 Å². The first-order valence-corrected chi connectivity index (χ1v) is 7.75. The molecule has 0 amide bonds. The van der Waals surface area contributed by atoms with Gasteiger partial charge in [-0.1, -0.05) is 0 Å². The van der Waals surface area contributed by atoms with Crippen LogP contribution in [0.2, 0.25) is 0 Å². The van der Waals surface area contributed by atoms with E-state index in [0.717, 1.165) is 44.9 Å². The van der Waals surface area contributed by atoms with Gasteiger partial charge in [-0.15, -0.1) is 0 Å². The Bertz CT molecular complexity index is 462. The van der Waals surface area contributed by atoms with Crippen molar-refractivity contribution in [2.75, 3.05) is 26.2 Å². The predicted octanol–water partition coefficient (Wildman–Crippen LogP) is 1.09. The Balaban J connectivity index is 1.80. The van der Waals surface area contributed by atoms with Crippen LogP contribution in [0, 0.1) is 0 Å². The number of aromatic nitrogens is 2. The lowest BCUT2D eigenvalue weighted by Gasteiger charge is -2.21. The first-order valence-electron chi connectivity index (χ1n) is 7.75. The summed E-state index contributed by atoms with van der Waals surface area (Å²) in [5.74, 6) is 0.859. The summed E-state index contributed by atoms with van der Waals surface area (Å²) >= 11 is 0. The summed E-state index contributed by atoms with van der Waals surface area (Å²) in [7, 11) is 1.94. The molecule has 0 spiro atoms. The third kappa shape index (κ3) is 5.04. The third-order valence-corrected chi connectivity index (χ3v) is 3.68. The van der Waals surface area contributed by atoms with Gasteiger partial charge in [0.2, 0.25) is 0 Å². The molecule has 1 aromatic heterocycles. The van der Waals surface area contributed by atoms with Crippen molar-refractivity contribution in [1.29, 1.82) is 0 Å². The molecule has 21 heavy (non-hydrogen) atoms. The number of nitrogens with one attached hydrogen (secondary N) is 2. The highest BCUT2D eigenvalue weighted by molar-refractivity contribution is 5.79. The summed E-state index contributed by atoms with van der Waals surface area (Å²) < 4.78 is 7.60. The molecule has 0 radical (unpaired) electrons. The van der Waals surface area contributed by atoms with Gasteiger partial charge in [-0.05, 0) is 38.7 Å². The van der Waals surface area contributed by atoms with Gasteiger partial charge in [0.25, 0.3) is 0 Å². The molecule has 1 aliphatic heterocycles. The molecular weight excluding hydrogens is 266 g/mol. The molecule has 2 heterocycles. The smallest absolute Gasteiger partial charge is 0.191 e. The van der Waals surface area contributed by atoms with E-state index in [0.29, 0.717) is 6.54 Å². The van der Waals surface area contributed by atoms with Gasteiger partial charge >= 0.3 is 0 Å². The molecule has 2 rings (SSSR count). The maximum atomic E-state index is 5.77. The van der Waals surface area contributed by atoms with Gasteiger partial charge in [-0.2, -0.15) is 5.10 Å². The molecule has 6 heteroatoms. The fraction of sp³-hybridized carbons (Fsp3) is 0.733. The largest absolute Gasteiger partial charge is 0.373 e. The van der Waals surface area contributed by atoms with Crippen molar-refractivity contribution >= 4 is 5.96 Å². The van der Waals surface area contributed by atoms with Crippen LogP contribution >= 0.6 is 0 Å². The molecule has 1 aromatic rings. The minimum Gasteiger partial charge on any atom is -0.373 e. The van der Waals surface area contributed by atoms with Crippen LogP contribution in [0.1, 0.15) is 32.3 Å². The molecule has 1 fully saturated rings. The summed E-state index contributed by atoms with van der Waals surface area (Å²) in [6.07, 6.45) is 7.10. The highest BCUT2D eigenvalue weighted by Gasteiger charge is 2.29. The van der Waals surface area contributed by atoms with E-state index in [1.54, 1.807) is 0 Å². The summed E-state index contributed by atoms with van der Waals surface area (Å²) in [6.45, 7) is 7.48. The lowest BCUT2D eigenvalue weighted by molar-refractivity contribution is 0.0283. The minimum atomic E-state index is -0.0916. The Morgan fingerprint density at radius 1 is 1.52 bits per heavy atom. The fourth-order valence-corrected chi connectivity index (χ4v) is 2.48. The summed E-state index contributed by atoms with van der Waals surface area (Å²) in [4.78, 5) is 4.65. The van der Waals surface area contributed by atoms with Gasteiger partial charge in [0.05, 0.1) is 18.3 Å². The number of aryl methyl sites for hydroxylation is 1. The average molecular weight is 293 g/mol. The first-order chi connectivity index (χ1) is 10.1. The van der Waals surface area contributed by atoms with Crippen molar-refractivity contribution in [2.45, 2.75) is 38.7 Å². The summed E-state index contributed by atoms with van der Waals surface area (Å²) in [6, 6.07) is 0. The van der Waals surface area contributed by atoms with E-state index in [9.17, 15) is 0 Å². The number of rotatable bonds is 6. The van der Waals surface area contributed by atoms with Crippen molar-refractivity contribution < 1.29 is 4.74 Å². The zero-order valence-corrected chi connectivity index (χ0v) is 13.4. The first kappa shape index (κ1) is 15.8. The van der Waals surface area contributed by atoms with Crippen LogP contribution < -0.4 is 10.6 Å². The van der Waals surface area contributed by atoms with Crippen molar-refractivity contribution in [3.8, 4) is 0 Å². The zero-order chi connectivity index (χ0) is 15.1. The van der Waals surface area contributed by atoms with Crippen LogP contribution in [0.3, 0.4) is 0 Å². The van der Waals surface area contributed by atoms with E-state index in [1.807, 2.05) is 24.1 Å². The normalized spacial score (nSPS) is 22.5. The zero-order valence-electron chi connectivity index (χ0n) is 13.4. The molecule has 1 unspecified atom stereocenters. The number of hydrogen-bond donors (Lipinski definition) is 2. The number of nitrogens with zero attached hydrogens (tertiary/aromatic N) is 3. The van der Waals surface area contributed by atoms with Crippen molar-refractivity contribution in [2.24, 2.45) is 12.0 Å². The van der Waals surface area contributed by atoms with Crippen LogP contribution in [0.5, 0.6) is 0 Å². The van der Waals surface area contributed by atoms with Gasteiger partial charge in [-0.25, -0.2) is 0 Å². The SMILES string of the molecule is CCNC(=NCC1(C)CCCO1)NCCc1cnn(C)c1. The molecule has 0 saturated carbocycles. The Morgan fingerprint density at radius 3 is 3.00 bits per heavy atom. The maximum absolute atomic E-state index is 5.77. The molecule has 0 aliphatic carbocycles. The van der Waals surface area contributed by atoms with E-state index in [1.165, 1.54) is 5.56 Å². The Labute approximate surface area is 127 Å². The van der Waals surface area contributed by atoms with Crippen LogP contribution in [0.4, 0.5) is 0 Å². The van der Waals surface area contributed by atoms with Gasteiger partial charge in [-0.3, -0.25) is 9.67 Å². The van der Waals surface area contributed by atoms with Gasteiger partial charge < -0.3 is 15.4 Å². The molecule has 0 aromatic carbocycles. The quantitative estimate of drug-likeness (QED) is 0.609. The second-order valence-corrected chi connectivity index (χ2v) is 5.80. The number of hydrogen-bond acceptors (Lipinski definition) is 3. The molecule has 1 atom stereocenters. The number of guanidine groups is 1. The second-order valence-electron chi connectivity index (χ2n) is 5.80. The monoisotopic (exact) mass is 293 g/mol. The Morgan fingerprint density at radius 2 is 2.38 bits per heavy atom. The molecular formula is C15H27N5O. The van der Waals surface area contributed by atoms with Gasteiger partial charge in [0.1, 0.15) is 0 Å². The van der Waals surface area contributed by atoms with Crippen molar-refractivity contribution in [3.63, 3.8) is 0 Å². The molecule has 2 N–H and O–H groups in total. The van der Waals surface area contributed by atoms with Crippen LogP contribution in [-0.2, 0) is 18.2 Å². The Kier molecular flexibility index (Phi) is 5.61. The highest BCUT2D eigenvalue weighted by Crippen LogP contribution is 2.24. The molecule has 6 nitrogen and oxygen atoms in total. The lowest BCUT2D eigenvalue weighted by Crippen LogP contribution is -2.40. The van der Waals surface area contributed by atoms with E-state index in [-0.39, 0.29) is 5.60 Å². The Hall–Kier alpha value is -1.56. The van der Waals surface area contributed by atoms with E-state index >= 15 is 0 Å². The molecule has 1 saturated heterocycles. The van der Waals surface area contributed by atoms with Crippen LogP contribution in [0.15, 0.2) is 17.4 Å².